The summed E-state index contributed by atoms with van der Waals surface area (Å²) in [5, 5.41) is 23.6. The summed E-state index contributed by atoms with van der Waals surface area (Å²) in [5.41, 5.74) is 2.50. The number of hydrogen-bond acceptors (Lipinski definition) is 5. The molecular formula is C18H19N3O3. The van der Waals surface area contributed by atoms with Crippen molar-refractivity contribution in [3.8, 4) is 22.9 Å². The van der Waals surface area contributed by atoms with Gasteiger partial charge in [-0.05, 0) is 56.0 Å². The Kier molecular flexibility index (Phi) is 3.82. The fourth-order valence-corrected chi connectivity index (χ4v) is 3.08. The first kappa shape index (κ1) is 15.0. The molecule has 1 saturated carbocycles. The lowest BCUT2D eigenvalue weighted by Crippen LogP contribution is -2.26. The minimum Gasteiger partial charge on any atom is -0.508 e. The van der Waals surface area contributed by atoms with Gasteiger partial charge in [0.15, 0.2) is 5.65 Å². The lowest BCUT2D eigenvalue weighted by molar-refractivity contribution is 0.0637. The average Bonchev–Trinajstić information content (AvgIpc) is 3.01. The molecule has 4 rings (SSSR count). The van der Waals surface area contributed by atoms with E-state index in [4.69, 9.17) is 4.74 Å². The Bertz CT molecular complexity index is 836. The Balaban J connectivity index is 1.62. The van der Waals surface area contributed by atoms with E-state index in [1.807, 2.05) is 24.3 Å². The third-order valence-corrected chi connectivity index (χ3v) is 4.43. The van der Waals surface area contributed by atoms with Crippen molar-refractivity contribution >= 4 is 5.65 Å². The summed E-state index contributed by atoms with van der Waals surface area (Å²) >= 11 is 0. The highest BCUT2D eigenvalue weighted by molar-refractivity contribution is 5.63. The molecule has 0 atom stereocenters. The molecule has 124 valence electrons. The van der Waals surface area contributed by atoms with Gasteiger partial charge in [-0.15, -0.1) is 5.10 Å². The summed E-state index contributed by atoms with van der Waals surface area (Å²) in [5.74, 6) is 0.783. The number of aliphatic hydroxyl groups excluding tert-OH is 1. The number of aliphatic hydroxyl groups is 1. The average molecular weight is 325 g/mol. The van der Waals surface area contributed by atoms with Gasteiger partial charge in [-0.3, -0.25) is 0 Å². The van der Waals surface area contributed by atoms with Crippen molar-refractivity contribution in [2.24, 2.45) is 0 Å². The molecule has 1 fully saturated rings. The zero-order chi connectivity index (χ0) is 16.5. The van der Waals surface area contributed by atoms with Gasteiger partial charge in [0, 0.05) is 11.6 Å². The topological polar surface area (TPSA) is 79.9 Å². The van der Waals surface area contributed by atoms with E-state index in [-0.39, 0.29) is 18.0 Å². The van der Waals surface area contributed by atoms with E-state index < -0.39 is 0 Å². The van der Waals surface area contributed by atoms with Crippen molar-refractivity contribution in [1.82, 2.24) is 14.6 Å². The number of ether oxygens (including phenoxy) is 1. The molecule has 0 radical (unpaired) electrons. The zero-order valence-corrected chi connectivity index (χ0v) is 13.2. The number of nitrogens with zero attached hydrogens (tertiary/aromatic N) is 3. The standard InChI is InChI=1S/C18H19N3O3/c22-13-3-1-12(2-4-13)16-11-19-17-9-10-18(20-21(16)17)24-15-7-5-14(23)6-8-15/h1-4,9-11,14-15,22-23H,5-8H2. The van der Waals surface area contributed by atoms with Crippen LogP contribution in [0.1, 0.15) is 25.7 Å². The molecule has 24 heavy (non-hydrogen) atoms. The molecule has 6 nitrogen and oxygen atoms in total. The number of phenols is 1. The van der Waals surface area contributed by atoms with E-state index in [2.05, 4.69) is 10.1 Å². The number of aromatic nitrogens is 3. The number of imidazole rings is 1. The molecule has 3 aromatic rings. The third-order valence-electron chi connectivity index (χ3n) is 4.43. The minimum absolute atomic E-state index is 0.0963. The van der Waals surface area contributed by atoms with Crippen molar-refractivity contribution in [2.45, 2.75) is 37.9 Å². The van der Waals surface area contributed by atoms with Gasteiger partial charge in [-0.25, -0.2) is 9.50 Å². The number of hydrogen-bond donors (Lipinski definition) is 2. The number of fused-ring (bicyclic) bond motifs is 1. The van der Waals surface area contributed by atoms with Crippen molar-refractivity contribution in [1.29, 1.82) is 0 Å². The summed E-state index contributed by atoms with van der Waals surface area (Å²) in [6, 6.07) is 10.6. The van der Waals surface area contributed by atoms with Crippen LogP contribution in [0.15, 0.2) is 42.6 Å². The summed E-state index contributed by atoms with van der Waals surface area (Å²) < 4.78 is 7.73. The van der Waals surface area contributed by atoms with Gasteiger partial charge in [0.1, 0.15) is 11.9 Å². The van der Waals surface area contributed by atoms with Gasteiger partial charge in [-0.2, -0.15) is 0 Å². The number of rotatable bonds is 3. The SMILES string of the molecule is Oc1ccc(-c2cnc3ccc(OC4CCC(O)CC4)nn23)cc1. The Morgan fingerprint density at radius 2 is 1.75 bits per heavy atom. The second-order valence-corrected chi connectivity index (χ2v) is 6.18. The number of aromatic hydroxyl groups is 1. The molecule has 0 bridgehead atoms. The summed E-state index contributed by atoms with van der Waals surface area (Å²) in [6.45, 7) is 0. The van der Waals surface area contributed by atoms with E-state index in [9.17, 15) is 10.2 Å². The van der Waals surface area contributed by atoms with Crippen LogP contribution in [0.3, 0.4) is 0 Å². The summed E-state index contributed by atoms with van der Waals surface area (Å²) in [6.07, 6.45) is 4.89. The Hall–Kier alpha value is -2.60. The Labute approximate surface area is 139 Å². The minimum atomic E-state index is -0.199. The van der Waals surface area contributed by atoms with Crippen molar-refractivity contribution in [2.75, 3.05) is 0 Å². The Morgan fingerprint density at radius 3 is 2.50 bits per heavy atom. The van der Waals surface area contributed by atoms with Crippen LogP contribution in [0.5, 0.6) is 11.6 Å². The van der Waals surface area contributed by atoms with Crippen LogP contribution >= 0.6 is 0 Å². The maximum absolute atomic E-state index is 9.59. The van der Waals surface area contributed by atoms with E-state index in [0.29, 0.717) is 5.88 Å². The summed E-state index contributed by atoms with van der Waals surface area (Å²) in [7, 11) is 0. The zero-order valence-electron chi connectivity index (χ0n) is 13.2. The molecule has 1 aliphatic rings. The van der Waals surface area contributed by atoms with Crippen LogP contribution in [0.4, 0.5) is 0 Å². The van der Waals surface area contributed by atoms with Crippen LogP contribution in [-0.4, -0.2) is 37.0 Å². The first-order valence-corrected chi connectivity index (χ1v) is 8.18. The molecule has 2 heterocycles. The van der Waals surface area contributed by atoms with Gasteiger partial charge in [0.2, 0.25) is 5.88 Å². The highest BCUT2D eigenvalue weighted by Crippen LogP contribution is 2.25. The summed E-state index contributed by atoms with van der Waals surface area (Å²) in [4.78, 5) is 4.36. The molecule has 2 N–H and O–H groups in total. The number of benzene rings is 1. The second kappa shape index (κ2) is 6.13. The van der Waals surface area contributed by atoms with Crippen LogP contribution in [-0.2, 0) is 0 Å². The Morgan fingerprint density at radius 1 is 1.00 bits per heavy atom. The molecular weight excluding hydrogens is 306 g/mol. The van der Waals surface area contributed by atoms with Crippen LogP contribution in [0, 0.1) is 0 Å². The van der Waals surface area contributed by atoms with Gasteiger partial charge in [0.25, 0.3) is 0 Å². The highest BCUT2D eigenvalue weighted by atomic mass is 16.5. The highest BCUT2D eigenvalue weighted by Gasteiger charge is 2.21. The predicted octanol–water partition coefficient (Wildman–Crippen LogP) is 2.78. The maximum Gasteiger partial charge on any atom is 0.232 e. The van der Waals surface area contributed by atoms with Crippen LogP contribution in [0.25, 0.3) is 16.9 Å². The monoisotopic (exact) mass is 325 g/mol. The normalized spacial score (nSPS) is 21.0. The quantitative estimate of drug-likeness (QED) is 0.774. The smallest absolute Gasteiger partial charge is 0.232 e. The molecule has 0 amide bonds. The van der Waals surface area contributed by atoms with Crippen molar-refractivity contribution < 1.29 is 14.9 Å². The van der Waals surface area contributed by atoms with Gasteiger partial charge in [0.05, 0.1) is 18.0 Å². The van der Waals surface area contributed by atoms with Crippen LogP contribution in [0.2, 0.25) is 0 Å². The molecule has 0 saturated heterocycles. The van der Waals surface area contributed by atoms with Gasteiger partial charge >= 0.3 is 0 Å². The van der Waals surface area contributed by atoms with Crippen LogP contribution < -0.4 is 4.74 Å². The molecule has 0 spiro atoms. The van der Waals surface area contributed by atoms with E-state index in [0.717, 1.165) is 42.6 Å². The van der Waals surface area contributed by atoms with E-state index in [1.54, 1.807) is 22.8 Å². The predicted molar refractivity (Wildman–Crippen MR) is 89.0 cm³/mol. The first-order valence-electron chi connectivity index (χ1n) is 8.18. The molecule has 1 aromatic carbocycles. The second-order valence-electron chi connectivity index (χ2n) is 6.18. The maximum atomic E-state index is 9.59. The molecule has 1 aliphatic carbocycles. The third kappa shape index (κ3) is 2.92. The first-order chi connectivity index (χ1) is 11.7. The molecule has 0 aliphatic heterocycles. The fraction of sp³-hybridized carbons (Fsp3) is 0.333. The van der Waals surface area contributed by atoms with E-state index in [1.165, 1.54) is 0 Å². The number of phenolic OH excluding ortho intramolecular Hbond substituents is 1. The molecule has 0 unspecified atom stereocenters. The van der Waals surface area contributed by atoms with Gasteiger partial charge < -0.3 is 14.9 Å². The lowest BCUT2D eigenvalue weighted by Gasteiger charge is -2.25. The fourth-order valence-electron chi connectivity index (χ4n) is 3.08. The molecule has 6 heteroatoms. The van der Waals surface area contributed by atoms with Crippen molar-refractivity contribution in [3.63, 3.8) is 0 Å². The van der Waals surface area contributed by atoms with Gasteiger partial charge in [-0.1, -0.05) is 0 Å². The van der Waals surface area contributed by atoms with Crippen molar-refractivity contribution in [3.05, 3.63) is 42.6 Å². The molecule has 2 aromatic heterocycles. The largest absolute Gasteiger partial charge is 0.508 e. The van der Waals surface area contributed by atoms with E-state index >= 15 is 0 Å². The lowest BCUT2D eigenvalue weighted by atomic mass is 9.95.